The van der Waals surface area contributed by atoms with Crippen molar-refractivity contribution in [3.8, 4) is 0 Å². The number of carbonyl (C=O) groups excluding carboxylic acids is 1. The van der Waals surface area contributed by atoms with E-state index in [0.29, 0.717) is 13.1 Å². The van der Waals surface area contributed by atoms with Gasteiger partial charge in [0.15, 0.2) is 0 Å². The Balaban J connectivity index is 2.59. The monoisotopic (exact) mass is 248 g/mol. The molecule has 0 saturated heterocycles. The van der Waals surface area contributed by atoms with Gasteiger partial charge in [0, 0.05) is 13.1 Å². The first-order valence-corrected chi connectivity index (χ1v) is 6.49. The molecule has 0 aliphatic carbocycles. The molecule has 3 nitrogen and oxygen atoms in total. The Hall–Kier alpha value is -1.35. The number of rotatable bonds is 5. The molecule has 0 radical (unpaired) electrons. The summed E-state index contributed by atoms with van der Waals surface area (Å²) >= 11 is 0. The number of aryl methyl sites for hydroxylation is 2. The van der Waals surface area contributed by atoms with Crippen LogP contribution in [0.5, 0.6) is 0 Å². The van der Waals surface area contributed by atoms with Gasteiger partial charge in [-0.2, -0.15) is 0 Å². The maximum atomic E-state index is 11.9. The zero-order chi connectivity index (χ0) is 13.7. The van der Waals surface area contributed by atoms with Gasteiger partial charge in [0.25, 0.3) is 0 Å². The lowest BCUT2D eigenvalue weighted by atomic mass is 9.95. The summed E-state index contributed by atoms with van der Waals surface area (Å²) in [4.78, 5) is 11.9. The number of hydrogen-bond donors (Lipinski definition) is 2. The first-order valence-electron chi connectivity index (χ1n) is 6.49. The molecule has 1 aromatic rings. The van der Waals surface area contributed by atoms with Crippen molar-refractivity contribution in [3.05, 3.63) is 34.9 Å². The lowest BCUT2D eigenvalue weighted by Gasteiger charge is -2.18. The van der Waals surface area contributed by atoms with E-state index in [-0.39, 0.29) is 17.7 Å². The van der Waals surface area contributed by atoms with E-state index in [9.17, 15) is 4.79 Å². The Bertz CT molecular complexity index is 413. The summed E-state index contributed by atoms with van der Waals surface area (Å²) in [5.74, 6) is 0.219. The Morgan fingerprint density at radius 3 is 2.44 bits per heavy atom. The topological polar surface area (TPSA) is 55.1 Å². The number of nitrogens with two attached hydrogens (primary N) is 1. The van der Waals surface area contributed by atoms with Crippen LogP contribution in [0.25, 0.3) is 0 Å². The average molecular weight is 248 g/mol. The first-order chi connectivity index (χ1) is 8.45. The number of hydrogen-bond acceptors (Lipinski definition) is 2. The Kier molecular flexibility index (Phi) is 5.35. The van der Waals surface area contributed by atoms with Gasteiger partial charge < -0.3 is 11.1 Å². The van der Waals surface area contributed by atoms with Gasteiger partial charge in [-0.25, -0.2) is 0 Å². The Morgan fingerprint density at radius 1 is 1.28 bits per heavy atom. The molecule has 1 amide bonds. The van der Waals surface area contributed by atoms with Gasteiger partial charge in [-0.1, -0.05) is 32.0 Å². The van der Waals surface area contributed by atoms with Crippen LogP contribution >= 0.6 is 0 Å². The van der Waals surface area contributed by atoms with Gasteiger partial charge >= 0.3 is 0 Å². The van der Waals surface area contributed by atoms with Crippen LogP contribution in [-0.4, -0.2) is 12.5 Å². The van der Waals surface area contributed by atoms with E-state index in [2.05, 4.69) is 37.4 Å². The van der Waals surface area contributed by atoms with Crippen molar-refractivity contribution in [2.24, 2.45) is 17.6 Å². The minimum absolute atomic E-state index is 0.0470. The van der Waals surface area contributed by atoms with Crippen molar-refractivity contribution in [3.63, 3.8) is 0 Å². The number of carbonyl (C=O) groups is 1. The highest BCUT2D eigenvalue weighted by Crippen LogP contribution is 2.11. The first kappa shape index (κ1) is 14.7. The minimum Gasteiger partial charge on any atom is -0.352 e. The van der Waals surface area contributed by atoms with Crippen LogP contribution in [-0.2, 0) is 11.3 Å². The second kappa shape index (κ2) is 6.55. The SMILES string of the molecule is Cc1ccc(CNC(=O)C(CN)C(C)C)cc1C. The molecule has 3 N–H and O–H groups in total. The standard InChI is InChI=1S/C15H24N2O/c1-10(2)14(8-16)15(18)17-9-13-6-5-11(3)12(4)7-13/h5-7,10,14H,8-9,16H2,1-4H3,(H,17,18). The zero-order valence-corrected chi connectivity index (χ0v) is 11.8. The lowest BCUT2D eigenvalue weighted by molar-refractivity contribution is -0.126. The summed E-state index contributed by atoms with van der Waals surface area (Å²) in [5, 5.41) is 2.96. The highest BCUT2D eigenvalue weighted by molar-refractivity contribution is 5.79. The van der Waals surface area contributed by atoms with Gasteiger partial charge in [-0.15, -0.1) is 0 Å². The van der Waals surface area contributed by atoms with Crippen molar-refractivity contribution in [1.82, 2.24) is 5.32 Å². The fraction of sp³-hybridized carbons (Fsp3) is 0.533. The highest BCUT2D eigenvalue weighted by Gasteiger charge is 2.19. The molecule has 0 saturated carbocycles. The van der Waals surface area contributed by atoms with E-state index in [4.69, 9.17) is 5.73 Å². The van der Waals surface area contributed by atoms with Crippen molar-refractivity contribution >= 4 is 5.91 Å². The van der Waals surface area contributed by atoms with E-state index in [1.165, 1.54) is 11.1 Å². The van der Waals surface area contributed by atoms with Crippen molar-refractivity contribution < 1.29 is 4.79 Å². The molecule has 0 aromatic heterocycles. The van der Waals surface area contributed by atoms with Gasteiger partial charge in [-0.05, 0) is 36.5 Å². The summed E-state index contributed by atoms with van der Waals surface area (Å²) in [6.45, 7) is 9.18. The minimum atomic E-state index is -0.100. The summed E-state index contributed by atoms with van der Waals surface area (Å²) in [5.41, 5.74) is 9.28. The number of amides is 1. The Labute approximate surface area is 110 Å². The molecule has 3 heteroatoms. The molecule has 1 aromatic carbocycles. The van der Waals surface area contributed by atoms with Crippen LogP contribution in [0.1, 0.15) is 30.5 Å². The molecule has 1 atom stereocenters. The predicted molar refractivity (Wildman–Crippen MR) is 75.1 cm³/mol. The smallest absolute Gasteiger partial charge is 0.224 e. The molecular weight excluding hydrogens is 224 g/mol. The summed E-state index contributed by atoms with van der Waals surface area (Å²) in [7, 11) is 0. The number of nitrogens with one attached hydrogen (secondary N) is 1. The molecule has 100 valence electrons. The zero-order valence-electron chi connectivity index (χ0n) is 11.8. The lowest BCUT2D eigenvalue weighted by Crippen LogP contribution is -2.37. The van der Waals surface area contributed by atoms with Gasteiger partial charge in [-0.3, -0.25) is 4.79 Å². The summed E-state index contributed by atoms with van der Waals surface area (Å²) in [6, 6.07) is 6.25. The third-order valence-corrected chi connectivity index (χ3v) is 3.43. The summed E-state index contributed by atoms with van der Waals surface area (Å²) in [6.07, 6.45) is 0. The Morgan fingerprint density at radius 2 is 1.94 bits per heavy atom. The molecule has 0 bridgehead atoms. The van der Waals surface area contributed by atoms with Crippen LogP contribution < -0.4 is 11.1 Å². The molecular formula is C15H24N2O. The van der Waals surface area contributed by atoms with E-state index in [1.807, 2.05) is 13.8 Å². The van der Waals surface area contributed by atoms with Gasteiger partial charge in [0.2, 0.25) is 5.91 Å². The van der Waals surface area contributed by atoms with E-state index >= 15 is 0 Å². The average Bonchev–Trinajstić information content (AvgIpc) is 2.31. The summed E-state index contributed by atoms with van der Waals surface area (Å²) < 4.78 is 0. The third-order valence-electron chi connectivity index (χ3n) is 3.43. The molecule has 0 heterocycles. The molecule has 0 aliphatic heterocycles. The second-order valence-corrected chi connectivity index (χ2v) is 5.22. The van der Waals surface area contributed by atoms with Crippen molar-refractivity contribution in [2.75, 3.05) is 6.54 Å². The highest BCUT2D eigenvalue weighted by atomic mass is 16.1. The van der Waals surface area contributed by atoms with Crippen LogP contribution in [0, 0.1) is 25.7 Å². The van der Waals surface area contributed by atoms with Gasteiger partial charge in [0.05, 0.1) is 5.92 Å². The predicted octanol–water partition coefficient (Wildman–Crippen LogP) is 2.15. The number of benzene rings is 1. The van der Waals surface area contributed by atoms with Gasteiger partial charge in [0.1, 0.15) is 0 Å². The molecule has 18 heavy (non-hydrogen) atoms. The normalized spacial score (nSPS) is 12.6. The second-order valence-electron chi connectivity index (χ2n) is 5.22. The fourth-order valence-corrected chi connectivity index (χ4v) is 1.92. The van der Waals surface area contributed by atoms with E-state index in [0.717, 1.165) is 5.56 Å². The maximum absolute atomic E-state index is 11.9. The maximum Gasteiger partial charge on any atom is 0.224 e. The molecule has 1 unspecified atom stereocenters. The van der Waals surface area contributed by atoms with Crippen LogP contribution in [0.2, 0.25) is 0 Å². The molecule has 0 fully saturated rings. The van der Waals surface area contributed by atoms with E-state index in [1.54, 1.807) is 0 Å². The van der Waals surface area contributed by atoms with Crippen LogP contribution in [0.3, 0.4) is 0 Å². The largest absolute Gasteiger partial charge is 0.352 e. The van der Waals surface area contributed by atoms with Crippen LogP contribution in [0.15, 0.2) is 18.2 Å². The van der Waals surface area contributed by atoms with E-state index < -0.39 is 0 Å². The molecule has 0 spiro atoms. The van der Waals surface area contributed by atoms with Crippen LogP contribution in [0.4, 0.5) is 0 Å². The quantitative estimate of drug-likeness (QED) is 0.839. The third kappa shape index (κ3) is 3.84. The molecule has 0 aliphatic rings. The van der Waals surface area contributed by atoms with Crippen molar-refractivity contribution in [2.45, 2.75) is 34.2 Å². The van der Waals surface area contributed by atoms with Crippen molar-refractivity contribution in [1.29, 1.82) is 0 Å². The molecule has 1 rings (SSSR count). The fourth-order valence-electron chi connectivity index (χ4n) is 1.92.